The molecule has 0 aliphatic carbocycles. The van der Waals surface area contributed by atoms with Gasteiger partial charge >= 0.3 is 7.12 Å². The lowest BCUT2D eigenvalue weighted by Gasteiger charge is -2.32. The van der Waals surface area contributed by atoms with E-state index >= 15 is 0 Å². The quantitative estimate of drug-likeness (QED) is 0.794. The molecule has 2 heterocycles. The summed E-state index contributed by atoms with van der Waals surface area (Å²) in [6, 6.07) is 12.0. The second-order valence-corrected chi connectivity index (χ2v) is 6.33. The van der Waals surface area contributed by atoms with Crippen LogP contribution in [-0.4, -0.2) is 28.5 Å². The van der Waals surface area contributed by atoms with Crippen LogP contribution in [0.5, 0.6) is 0 Å². The molecular formula is C16H19BN2O2. The predicted molar refractivity (Wildman–Crippen MR) is 83.2 cm³/mol. The molecule has 0 N–H and O–H groups in total. The van der Waals surface area contributed by atoms with Crippen molar-refractivity contribution in [3.8, 4) is 11.3 Å². The summed E-state index contributed by atoms with van der Waals surface area (Å²) < 4.78 is 12.1. The second-order valence-electron chi connectivity index (χ2n) is 6.33. The zero-order chi connectivity index (χ0) is 15.1. The van der Waals surface area contributed by atoms with Crippen LogP contribution in [0.4, 0.5) is 0 Å². The molecule has 5 heteroatoms. The Labute approximate surface area is 125 Å². The molecule has 0 radical (unpaired) electrons. The first kappa shape index (κ1) is 14.2. The molecule has 0 spiro atoms. The highest BCUT2D eigenvalue weighted by Crippen LogP contribution is 2.36. The number of aromatic nitrogens is 2. The number of rotatable bonds is 2. The fourth-order valence-corrected chi connectivity index (χ4v) is 2.24. The molecule has 0 atom stereocenters. The Morgan fingerprint density at radius 2 is 1.57 bits per heavy atom. The first-order valence-electron chi connectivity index (χ1n) is 7.13. The minimum atomic E-state index is -0.409. The molecule has 0 amide bonds. The topological polar surface area (TPSA) is 44.2 Å². The molecule has 1 aliphatic heterocycles. The largest absolute Gasteiger partial charge is 0.496 e. The average molecular weight is 282 g/mol. The van der Waals surface area contributed by atoms with Gasteiger partial charge in [0.2, 0.25) is 0 Å². The Morgan fingerprint density at radius 1 is 0.952 bits per heavy atom. The van der Waals surface area contributed by atoms with Gasteiger partial charge in [0, 0.05) is 17.2 Å². The average Bonchev–Trinajstić information content (AvgIpc) is 2.69. The predicted octanol–water partition coefficient (Wildman–Crippen LogP) is 2.44. The molecule has 21 heavy (non-hydrogen) atoms. The molecule has 0 bridgehead atoms. The van der Waals surface area contributed by atoms with E-state index < -0.39 is 7.12 Å². The van der Waals surface area contributed by atoms with Gasteiger partial charge in [-0.25, -0.2) is 0 Å². The summed E-state index contributed by atoms with van der Waals surface area (Å²) in [4.78, 5) is 0. The lowest BCUT2D eigenvalue weighted by atomic mass is 9.80. The Bertz CT molecular complexity index is 628. The second kappa shape index (κ2) is 4.93. The van der Waals surface area contributed by atoms with E-state index in [4.69, 9.17) is 9.31 Å². The lowest BCUT2D eigenvalue weighted by molar-refractivity contribution is 0.00578. The van der Waals surface area contributed by atoms with E-state index in [1.165, 1.54) is 0 Å². The molecule has 0 unspecified atom stereocenters. The Kier molecular flexibility index (Phi) is 3.34. The normalized spacial score (nSPS) is 19.7. The summed E-state index contributed by atoms with van der Waals surface area (Å²) in [6.45, 7) is 8.17. The van der Waals surface area contributed by atoms with Gasteiger partial charge in [-0.15, -0.1) is 0 Å². The number of nitrogens with zero attached hydrogens (tertiary/aromatic N) is 2. The van der Waals surface area contributed by atoms with Gasteiger partial charge < -0.3 is 9.31 Å². The van der Waals surface area contributed by atoms with E-state index in [-0.39, 0.29) is 11.2 Å². The van der Waals surface area contributed by atoms with Gasteiger partial charge in [0.1, 0.15) is 0 Å². The van der Waals surface area contributed by atoms with Gasteiger partial charge in [0.25, 0.3) is 0 Å². The molecule has 0 saturated carbocycles. The number of hydrogen-bond donors (Lipinski definition) is 0. The van der Waals surface area contributed by atoms with Gasteiger partial charge in [-0.05, 0) is 33.8 Å². The van der Waals surface area contributed by atoms with Crippen molar-refractivity contribution >= 4 is 12.6 Å². The van der Waals surface area contributed by atoms with Crippen LogP contribution in [-0.2, 0) is 9.31 Å². The van der Waals surface area contributed by atoms with Gasteiger partial charge in [0.15, 0.2) is 0 Å². The molecule has 1 aromatic carbocycles. The maximum absolute atomic E-state index is 6.05. The standard InChI is InChI=1S/C16H19BN2O2/c1-15(2)16(3,4)21-17(20-15)13-10-14(19-18-11-13)12-8-6-5-7-9-12/h5-11H,1-4H3. The lowest BCUT2D eigenvalue weighted by Crippen LogP contribution is -2.41. The third kappa shape index (κ3) is 2.59. The van der Waals surface area contributed by atoms with Crippen molar-refractivity contribution in [1.82, 2.24) is 10.2 Å². The molecule has 1 fully saturated rings. The highest BCUT2D eigenvalue weighted by atomic mass is 16.7. The Hall–Kier alpha value is -1.72. The maximum atomic E-state index is 6.05. The summed E-state index contributed by atoms with van der Waals surface area (Å²) in [7, 11) is -0.409. The van der Waals surface area contributed by atoms with Crippen LogP contribution in [0.2, 0.25) is 0 Å². The van der Waals surface area contributed by atoms with Crippen LogP contribution < -0.4 is 5.46 Å². The fraction of sp³-hybridized carbons (Fsp3) is 0.375. The Balaban J connectivity index is 1.92. The first-order valence-corrected chi connectivity index (χ1v) is 7.13. The van der Waals surface area contributed by atoms with Crippen molar-refractivity contribution in [2.45, 2.75) is 38.9 Å². The molecule has 4 nitrogen and oxygen atoms in total. The van der Waals surface area contributed by atoms with Gasteiger partial charge in [-0.3, -0.25) is 0 Å². The van der Waals surface area contributed by atoms with Crippen molar-refractivity contribution in [2.75, 3.05) is 0 Å². The van der Waals surface area contributed by atoms with E-state index in [1.54, 1.807) is 6.20 Å². The van der Waals surface area contributed by atoms with Crippen molar-refractivity contribution in [1.29, 1.82) is 0 Å². The van der Waals surface area contributed by atoms with Crippen LogP contribution in [0.15, 0.2) is 42.6 Å². The van der Waals surface area contributed by atoms with Gasteiger partial charge in [-0.1, -0.05) is 30.3 Å². The monoisotopic (exact) mass is 282 g/mol. The minimum absolute atomic E-state index is 0.353. The molecule has 1 aromatic heterocycles. The van der Waals surface area contributed by atoms with Crippen molar-refractivity contribution in [2.24, 2.45) is 0 Å². The van der Waals surface area contributed by atoms with E-state index in [9.17, 15) is 0 Å². The first-order chi connectivity index (χ1) is 9.89. The summed E-state index contributed by atoms with van der Waals surface area (Å²) in [5.41, 5.74) is 2.04. The van der Waals surface area contributed by atoms with E-state index in [0.717, 1.165) is 16.7 Å². The van der Waals surface area contributed by atoms with E-state index in [2.05, 4.69) is 10.2 Å². The molecular weight excluding hydrogens is 263 g/mol. The number of benzene rings is 1. The molecule has 2 aromatic rings. The molecule has 3 rings (SSSR count). The van der Waals surface area contributed by atoms with E-state index in [1.807, 2.05) is 64.1 Å². The highest BCUT2D eigenvalue weighted by Gasteiger charge is 2.51. The van der Waals surface area contributed by atoms with Crippen molar-refractivity contribution < 1.29 is 9.31 Å². The SMILES string of the molecule is CC1(C)OB(c2cnnc(-c3ccccc3)c2)OC1(C)C. The smallest absolute Gasteiger partial charge is 0.399 e. The summed E-state index contributed by atoms with van der Waals surface area (Å²) in [6.07, 6.45) is 1.70. The van der Waals surface area contributed by atoms with Crippen LogP contribution in [0.25, 0.3) is 11.3 Å². The zero-order valence-electron chi connectivity index (χ0n) is 12.8. The summed E-state index contributed by atoms with van der Waals surface area (Å²) in [5, 5.41) is 8.28. The van der Waals surface area contributed by atoms with Gasteiger partial charge in [-0.2, -0.15) is 10.2 Å². The van der Waals surface area contributed by atoms with Crippen LogP contribution in [0.3, 0.4) is 0 Å². The van der Waals surface area contributed by atoms with Crippen LogP contribution >= 0.6 is 0 Å². The van der Waals surface area contributed by atoms with Crippen molar-refractivity contribution in [3.05, 3.63) is 42.6 Å². The van der Waals surface area contributed by atoms with Gasteiger partial charge in [0.05, 0.1) is 16.9 Å². The Morgan fingerprint density at radius 3 is 2.19 bits per heavy atom. The molecule has 108 valence electrons. The van der Waals surface area contributed by atoms with E-state index in [0.29, 0.717) is 0 Å². The summed E-state index contributed by atoms with van der Waals surface area (Å²) >= 11 is 0. The van der Waals surface area contributed by atoms with Crippen molar-refractivity contribution in [3.63, 3.8) is 0 Å². The highest BCUT2D eigenvalue weighted by molar-refractivity contribution is 6.62. The third-order valence-corrected chi connectivity index (χ3v) is 4.27. The maximum Gasteiger partial charge on any atom is 0.496 e. The molecule has 1 aliphatic rings. The fourth-order valence-electron chi connectivity index (χ4n) is 2.24. The number of hydrogen-bond acceptors (Lipinski definition) is 4. The van der Waals surface area contributed by atoms with Crippen LogP contribution in [0, 0.1) is 0 Å². The third-order valence-electron chi connectivity index (χ3n) is 4.27. The van der Waals surface area contributed by atoms with Crippen LogP contribution in [0.1, 0.15) is 27.7 Å². The molecule has 1 saturated heterocycles. The summed E-state index contributed by atoms with van der Waals surface area (Å²) in [5.74, 6) is 0. The minimum Gasteiger partial charge on any atom is -0.399 e. The zero-order valence-corrected chi connectivity index (χ0v) is 12.8.